The number of nitrogens with zero attached hydrogens (tertiary/aromatic N) is 1. The fourth-order valence-electron chi connectivity index (χ4n) is 2.37. The Bertz CT molecular complexity index is 508. The molecule has 0 saturated carbocycles. The molecular weight excluding hydrogens is 312 g/mol. The van der Waals surface area contributed by atoms with Crippen LogP contribution in [0.2, 0.25) is 0 Å². The first kappa shape index (κ1) is 20.0. The first-order chi connectivity index (χ1) is 11.0. The van der Waals surface area contributed by atoms with E-state index in [1.165, 1.54) is 11.0 Å². The van der Waals surface area contributed by atoms with Gasteiger partial charge in [0.05, 0.1) is 0 Å². The number of amides is 2. The topological polar surface area (TPSA) is 95.9 Å². The summed E-state index contributed by atoms with van der Waals surface area (Å²) in [5.74, 6) is -1.05. The summed E-state index contributed by atoms with van der Waals surface area (Å²) < 4.78 is 5.29. The van der Waals surface area contributed by atoms with E-state index in [2.05, 4.69) is 5.32 Å². The van der Waals surface area contributed by atoms with Gasteiger partial charge in [0.25, 0.3) is 0 Å². The molecule has 1 saturated heterocycles. The second kappa shape index (κ2) is 8.17. The number of hydrogen-bond donors (Lipinski definition) is 2. The van der Waals surface area contributed by atoms with Crippen molar-refractivity contribution in [3.63, 3.8) is 0 Å². The summed E-state index contributed by atoms with van der Waals surface area (Å²) >= 11 is 0. The molecule has 0 aromatic rings. The molecule has 7 heteroatoms. The summed E-state index contributed by atoms with van der Waals surface area (Å²) in [6.45, 7) is 9.78. The highest BCUT2D eigenvalue weighted by Gasteiger charge is 2.40. The van der Waals surface area contributed by atoms with Crippen LogP contribution in [-0.4, -0.2) is 52.2 Å². The summed E-state index contributed by atoms with van der Waals surface area (Å²) in [5, 5.41) is 11.6. The van der Waals surface area contributed by atoms with Gasteiger partial charge in [0.2, 0.25) is 5.91 Å². The maximum Gasteiger partial charge on any atom is 0.410 e. The van der Waals surface area contributed by atoms with E-state index in [-0.39, 0.29) is 17.9 Å². The molecule has 0 bridgehead atoms. The van der Waals surface area contributed by atoms with Crippen molar-refractivity contribution in [2.45, 2.75) is 65.1 Å². The minimum Gasteiger partial charge on any atom is -0.478 e. The van der Waals surface area contributed by atoms with E-state index >= 15 is 0 Å². The maximum absolute atomic E-state index is 12.4. The molecule has 0 spiro atoms. The van der Waals surface area contributed by atoms with Crippen molar-refractivity contribution in [1.29, 1.82) is 0 Å². The number of ether oxygens (including phenoxy) is 1. The molecule has 1 aliphatic rings. The van der Waals surface area contributed by atoms with Crippen molar-refractivity contribution < 1.29 is 24.2 Å². The van der Waals surface area contributed by atoms with Gasteiger partial charge in [-0.3, -0.25) is 9.69 Å². The van der Waals surface area contributed by atoms with Crippen molar-refractivity contribution in [2.75, 3.05) is 6.54 Å². The van der Waals surface area contributed by atoms with Crippen LogP contribution in [0.3, 0.4) is 0 Å². The van der Waals surface area contributed by atoms with Crippen molar-refractivity contribution in [3.05, 3.63) is 12.2 Å². The van der Waals surface area contributed by atoms with Crippen molar-refractivity contribution in [3.8, 4) is 0 Å². The second-order valence-corrected chi connectivity index (χ2v) is 7.42. The predicted molar refractivity (Wildman–Crippen MR) is 89.5 cm³/mol. The molecule has 0 aromatic carbocycles. The number of carbonyl (C=O) groups excluding carboxylic acids is 2. The highest BCUT2D eigenvalue weighted by atomic mass is 16.6. The third kappa shape index (κ3) is 6.60. The van der Waals surface area contributed by atoms with Gasteiger partial charge >= 0.3 is 12.1 Å². The molecule has 0 aromatic heterocycles. The lowest BCUT2D eigenvalue weighted by atomic mass is 10.00. The van der Waals surface area contributed by atoms with E-state index in [9.17, 15) is 14.4 Å². The van der Waals surface area contributed by atoms with Crippen LogP contribution in [0.15, 0.2) is 12.2 Å². The molecule has 2 atom stereocenters. The van der Waals surface area contributed by atoms with Crippen LogP contribution in [0.5, 0.6) is 0 Å². The van der Waals surface area contributed by atoms with Gasteiger partial charge in [-0.1, -0.05) is 19.9 Å². The third-order valence-corrected chi connectivity index (χ3v) is 3.47. The van der Waals surface area contributed by atoms with Crippen LogP contribution in [0.4, 0.5) is 4.79 Å². The Kier molecular flexibility index (Phi) is 6.81. The Hall–Kier alpha value is -2.05. The van der Waals surface area contributed by atoms with Gasteiger partial charge in [-0.15, -0.1) is 0 Å². The zero-order chi connectivity index (χ0) is 18.5. The zero-order valence-corrected chi connectivity index (χ0v) is 15.0. The fraction of sp³-hybridized carbons (Fsp3) is 0.706. The monoisotopic (exact) mass is 340 g/mol. The van der Waals surface area contributed by atoms with Crippen LogP contribution in [0, 0.1) is 5.92 Å². The summed E-state index contributed by atoms with van der Waals surface area (Å²) in [7, 11) is 0. The summed E-state index contributed by atoms with van der Waals surface area (Å²) in [6.07, 6.45) is 3.18. The number of carbonyl (C=O) groups is 3. The van der Waals surface area contributed by atoms with Gasteiger partial charge in [-0.25, -0.2) is 9.59 Å². The number of rotatable bonds is 6. The molecular formula is C17H28N2O5. The normalized spacial score (nSPS) is 19.1. The van der Waals surface area contributed by atoms with Gasteiger partial charge in [0, 0.05) is 18.7 Å². The van der Waals surface area contributed by atoms with E-state index in [0.717, 1.165) is 6.08 Å². The number of carboxylic acid groups (broad SMARTS) is 1. The number of hydrogen-bond acceptors (Lipinski definition) is 4. The zero-order valence-electron chi connectivity index (χ0n) is 15.0. The quantitative estimate of drug-likeness (QED) is 0.722. The highest BCUT2D eigenvalue weighted by Crippen LogP contribution is 2.22. The predicted octanol–water partition coefficient (Wildman–Crippen LogP) is 2.17. The van der Waals surface area contributed by atoms with Gasteiger partial charge in [-0.2, -0.15) is 0 Å². The van der Waals surface area contributed by atoms with Crippen molar-refractivity contribution >= 4 is 18.0 Å². The number of nitrogens with one attached hydrogen (secondary N) is 1. The SMILES string of the molecule is CC(C)CC(C=CC(=O)O)NC(=O)C1CCN1C(=O)OC(C)(C)C. The molecule has 2 amide bonds. The smallest absolute Gasteiger partial charge is 0.410 e. The van der Waals surface area contributed by atoms with Crippen LogP contribution < -0.4 is 5.32 Å². The molecule has 0 aliphatic carbocycles. The van der Waals surface area contributed by atoms with E-state index in [1.807, 2.05) is 13.8 Å². The van der Waals surface area contributed by atoms with Gasteiger partial charge in [-0.05, 0) is 39.5 Å². The van der Waals surface area contributed by atoms with Crippen molar-refractivity contribution in [2.24, 2.45) is 5.92 Å². The van der Waals surface area contributed by atoms with Crippen LogP contribution in [-0.2, 0) is 14.3 Å². The lowest BCUT2D eigenvalue weighted by Gasteiger charge is -2.40. The third-order valence-electron chi connectivity index (χ3n) is 3.47. The molecule has 1 fully saturated rings. The molecule has 0 radical (unpaired) electrons. The van der Waals surface area contributed by atoms with Gasteiger partial charge in [0.15, 0.2) is 0 Å². The van der Waals surface area contributed by atoms with Crippen LogP contribution in [0.25, 0.3) is 0 Å². The Labute approximate surface area is 143 Å². The number of likely N-dealkylation sites (tertiary alicyclic amines) is 1. The Morgan fingerprint density at radius 2 is 1.96 bits per heavy atom. The Morgan fingerprint density at radius 3 is 2.38 bits per heavy atom. The average molecular weight is 340 g/mol. The van der Waals surface area contributed by atoms with E-state index in [1.54, 1.807) is 20.8 Å². The molecule has 136 valence electrons. The Balaban J connectivity index is 2.66. The second-order valence-electron chi connectivity index (χ2n) is 7.42. The number of aliphatic carboxylic acids is 1. The Morgan fingerprint density at radius 1 is 1.33 bits per heavy atom. The largest absolute Gasteiger partial charge is 0.478 e. The van der Waals surface area contributed by atoms with Crippen LogP contribution in [0.1, 0.15) is 47.5 Å². The summed E-state index contributed by atoms with van der Waals surface area (Å²) in [5.41, 5.74) is -0.613. The average Bonchev–Trinajstić information content (AvgIpc) is 2.31. The van der Waals surface area contributed by atoms with Gasteiger partial charge in [0.1, 0.15) is 11.6 Å². The minimum absolute atomic E-state index is 0.284. The first-order valence-corrected chi connectivity index (χ1v) is 8.20. The summed E-state index contributed by atoms with van der Waals surface area (Å²) in [6, 6.07) is -0.942. The number of carboxylic acids is 1. The molecule has 2 N–H and O–H groups in total. The lowest BCUT2D eigenvalue weighted by Crippen LogP contribution is -2.60. The maximum atomic E-state index is 12.4. The molecule has 1 rings (SSSR count). The van der Waals surface area contributed by atoms with E-state index < -0.39 is 23.7 Å². The molecule has 24 heavy (non-hydrogen) atoms. The molecule has 1 aliphatic heterocycles. The lowest BCUT2D eigenvalue weighted by molar-refractivity contribution is -0.132. The minimum atomic E-state index is -1.06. The standard InChI is InChI=1S/C17H28N2O5/c1-11(2)10-12(6-7-14(20)21)18-15(22)13-8-9-19(13)16(23)24-17(3,4)5/h6-7,11-13H,8-10H2,1-5H3,(H,18,22)(H,20,21). The van der Waals surface area contributed by atoms with Crippen LogP contribution >= 0.6 is 0 Å². The van der Waals surface area contributed by atoms with E-state index in [4.69, 9.17) is 9.84 Å². The fourth-order valence-corrected chi connectivity index (χ4v) is 2.37. The summed E-state index contributed by atoms with van der Waals surface area (Å²) in [4.78, 5) is 36.5. The van der Waals surface area contributed by atoms with Crippen molar-refractivity contribution in [1.82, 2.24) is 10.2 Å². The molecule has 7 nitrogen and oxygen atoms in total. The highest BCUT2D eigenvalue weighted by molar-refractivity contribution is 5.88. The van der Waals surface area contributed by atoms with E-state index in [0.29, 0.717) is 19.4 Å². The molecule has 2 unspecified atom stereocenters. The first-order valence-electron chi connectivity index (χ1n) is 8.20. The molecule has 1 heterocycles. The van der Waals surface area contributed by atoms with Gasteiger partial charge < -0.3 is 15.2 Å².